The number of ether oxygens (including phenoxy) is 1. The number of furan rings is 1. The van der Waals surface area contributed by atoms with Crippen molar-refractivity contribution in [1.82, 2.24) is 4.90 Å². The van der Waals surface area contributed by atoms with Crippen molar-refractivity contribution in [2.75, 3.05) is 13.2 Å². The van der Waals surface area contributed by atoms with Crippen LogP contribution in [-0.2, 0) is 4.79 Å². The molecule has 0 atom stereocenters. The Balaban J connectivity index is 1.61. The van der Waals surface area contributed by atoms with Gasteiger partial charge in [-0.25, -0.2) is 0 Å². The van der Waals surface area contributed by atoms with Gasteiger partial charge >= 0.3 is 0 Å². The Kier molecular flexibility index (Phi) is 5.06. The fourth-order valence-corrected chi connectivity index (χ4v) is 3.28. The van der Waals surface area contributed by atoms with E-state index >= 15 is 0 Å². The lowest BCUT2D eigenvalue weighted by molar-refractivity contribution is -0.123. The maximum Gasteiger partial charge on any atom is 0.293 e. The molecule has 0 saturated carbocycles. The number of hydrogen-bond donors (Lipinski definition) is 0. The second kappa shape index (κ2) is 7.22. The molecule has 1 aliphatic heterocycles. The quantitative estimate of drug-likeness (QED) is 0.519. The maximum absolute atomic E-state index is 12.3. The smallest absolute Gasteiger partial charge is 0.293 e. The molecule has 0 unspecified atom stereocenters. The summed E-state index contributed by atoms with van der Waals surface area (Å²) in [6.45, 7) is 0.473. The summed E-state index contributed by atoms with van der Waals surface area (Å²) in [4.78, 5) is 25.8. The summed E-state index contributed by atoms with van der Waals surface area (Å²) < 4.78 is 11.6. The molecule has 0 aliphatic carbocycles. The fraction of sp³-hybridized carbons (Fsp3) is 0.125. The highest BCUT2D eigenvalue weighted by Crippen LogP contribution is 2.32. The first-order chi connectivity index (χ1) is 11.1. The van der Waals surface area contributed by atoms with Gasteiger partial charge in [0.1, 0.15) is 18.1 Å². The van der Waals surface area contributed by atoms with Crippen LogP contribution < -0.4 is 4.74 Å². The van der Waals surface area contributed by atoms with E-state index in [0.717, 1.165) is 15.5 Å². The lowest BCUT2D eigenvalue weighted by Crippen LogP contribution is -2.32. The van der Waals surface area contributed by atoms with Gasteiger partial charge in [0.15, 0.2) is 3.77 Å². The van der Waals surface area contributed by atoms with Crippen molar-refractivity contribution in [3.8, 4) is 5.75 Å². The number of rotatable bonds is 5. The standard InChI is InChI=1S/C16H12INO4S/c17-14-7-6-12(22-14)10-13-15(19)18(16(20)23-13)8-9-21-11-4-2-1-3-5-11/h1-7,10H,8-9H2/b13-10-. The number of amides is 2. The number of carbonyl (C=O) groups excluding carboxylic acids is 2. The molecule has 1 aliphatic rings. The van der Waals surface area contributed by atoms with Gasteiger partial charge in [0.05, 0.1) is 11.4 Å². The van der Waals surface area contributed by atoms with Crippen molar-refractivity contribution < 1.29 is 18.7 Å². The van der Waals surface area contributed by atoms with Crippen LogP contribution in [0, 0.1) is 3.77 Å². The molecular weight excluding hydrogens is 429 g/mol. The summed E-state index contributed by atoms with van der Waals surface area (Å²) in [5.74, 6) is 0.948. The van der Waals surface area contributed by atoms with E-state index in [4.69, 9.17) is 9.15 Å². The highest BCUT2D eigenvalue weighted by atomic mass is 127. The van der Waals surface area contributed by atoms with E-state index in [0.29, 0.717) is 16.4 Å². The van der Waals surface area contributed by atoms with E-state index in [9.17, 15) is 9.59 Å². The molecule has 118 valence electrons. The van der Waals surface area contributed by atoms with Crippen molar-refractivity contribution in [1.29, 1.82) is 0 Å². The molecule has 2 amide bonds. The Morgan fingerprint density at radius 2 is 1.96 bits per heavy atom. The number of halogens is 1. The van der Waals surface area contributed by atoms with E-state index in [-0.39, 0.29) is 24.3 Å². The summed E-state index contributed by atoms with van der Waals surface area (Å²) in [6.07, 6.45) is 1.59. The zero-order chi connectivity index (χ0) is 16.2. The molecule has 5 nitrogen and oxygen atoms in total. The fourth-order valence-electron chi connectivity index (χ4n) is 2.00. The number of imide groups is 1. The molecule has 1 saturated heterocycles. The van der Waals surface area contributed by atoms with Crippen LogP contribution in [0.5, 0.6) is 5.75 Å². The van der Waals surface area contributed by atoms with E-state index in [1.807, 2.05) is 52.9 Å². The van der Waals surface area contributed by atoms with E-state index in [1.54, 1.807) is 18.2 Å². The first-order valence-corrected chi connectivity index (χ1v) is 8.71. The third-order valence-electron chi connectivity index (χ3n) is 3.07. The van der Waals surface area contributed by atoms with Crippen LogP contribution in [0.25, 0.3) is 6.08 Å². The third kappa shape index (κ3) is 3.97. The molecule has 3 rings (SSSR count). The molecule has 0 spiro atoms. The van der Waals surface area contributed by atoms with Gasteiger partial charge in [-0.2, -0.15) is 0 Å². The molecule has 7 heteroatoms. The van der Waals surface area contributed by atoms with Crippen molar-refractivity contribution in [2.45, 2.75) is 0 Å². The van der Waals surface area contributed by atoms with E-state index in [1.165, 1.54) is 4.90 Å². The Morgan fingerprint density at radius 3 is 2.65 bits per heavy atom. The average molecular weight is 441 g/mol. The van der Waals surface area contributed by atoms with Crippen molar-refractivity contribution >= 4 is 51.6 Å². The highest BCUT2D eigenvalue weighted by molar-refractivity contribution is 14.1. The van der Waals surface area contributed by atoms with Gasteiger partial charge in [-0.05, 0) is 58.6 Å². The lowest BCUT2D eigenvalue weighted by Gasteiger charge is -2.13. The second-order valence-corrected chi connectivity index (χ2v) is 6.69. The van der Waals surface area contributed by atoms with E-state index in [2.05, 4.69) is 0 Å². The van der Waals surface area contributed by atoms with Crippen LogP contribution in [-0.4, -0.2) is 29.2 Å². The third-order valence-corrected chi connectivity index (χ3v) is 4.55. The predicted molar refractivity (Wildman–Crippen MR) is 96.0 cm³/mol. The molecule has 2 heterocycles. The summed E-state index contributed by atoms with van der Waals surface area (Å²) in [6, 6.07) is 12.8. The van der Waals surface area contributed by atoms with Crippen LogP contribution in [0.3, 0.4) is 0 Å². The molecule has 1 aromatic heterocycles. The largest absolute Gasteiger partial charge is 0.492 e. The zero-order valence-corrected chi connectivity index (χ0v) is 14.9. The van der Waals surface area contributed by atoms with Crippen LogP contribution in [0.1, 0.15) is 5.76 Å². The van der Waals surface area contributed by atoms with Crippen molar-refractivity contribution in [2.24, 2.45) is 0 Å². The first kappa shape index (κ1) is 16.1. The topological polar surface area (TPSA) is 59.8 Å². The number of hydrogen-bond acceptors (Lipinski definition) is 5. The zero-order valence-electron chi connectivity index (χ0n) is 11.9. The number of nitrogens with zero attached hydrogens (tertiary/aromatic N) is 1. The summed E-state index contributed by atoms with van der Waals surface area (Å²) in [5, 5.41) is -0.292. The second-order valence-electron chi connectivity index (χ2n) is 4.64. The molecular formula is C16H12INO4S. The summed E-state index contributed by atoms with van der Waals surface area (Å²) >= 11 is 2.96. The number of benzene rings is 1. The summed E-state index contributed by atoms with van der Waals surface area (Å²) in [5.41, 5.74) is 0. The monoisotopic (exact) mass is 441 g/mol. The molecule has 0 radical (unpaired) electrons. The maximum atomic E-state index is 12.3. The summed E-state index contributed by atoms with van der Waals surface area (Å²) in [7, 11) is 0. The number of thioether (sulfide) groups is 1. The van der Waals surface area contributed by atoms with Crippen LogP contribution >= 0.6 is 34.4 Å². The minimum absolute atomic E-state index is 0.215. The van der Waals surface area contributed by atoms with Crippen LogP contribution in [0.15, 0.2) is 51.8 Å². The molecule has 2 aromatic rings. The Labute approximate surface area is 150 Å². The predicted octanol–water partition coefficient (Wildman–Crippen LogP) is 4.00. The molecule has 23 heavy (non-hydrogen) atoms. The minimum atomic E-state index is -0.317. The van der Waals surface area contributed by atoms with Gasteiger partial charge in [-0.1, -0.05) is 18.2 Å². The molecule has 0 bridgehead atoms. The normalized spacial score (nSPS) is 16.4. The van der Waals surface area contributed by atoms with Crippen LogP contribution in [0.2, 0.25) is 0 Å². The van der Waals surface area contributed by atoms with Gasteiger partial charge in [-0.3, -0.25) is 14.5 Å². The molecule has 1 fully saturated rings. The van der Waals surface area contributed by atoms with Crippen molar-refractivity contribution in [3.05, 3.63) is 56.9 Å². The molecule has 0 N–H and O–H groups in total. The Hall–Kier alpha value is -1.74. The van der Waals surface area contributed by atoms with Gasteiger partial charge in [-0.15, -0.1) is 0 Å². The van der Waals surface area contributed by atoms with E-state index < -0.39 is 0 Å². The van der Waals surface area contributed by atoms with Gasteiger partial charge in [0.25, 0.3) is 11.1 Å². The average Bonchev–Trinajstić information content (AvgIpc) is 3.06. The Morgan fingerprint density at radius 1 is 1.17 bits per heavy atom. The minimum Gasteiger partial charge on any atom is -0.492 e. The first-order valence-electron chi connectivity index (χ1n) is 6.82. The van der Waals surface area contributed by atoms with Crippen molar-refractivity contribution in [3.63, 3.8) is 0 Å². The highest BCUT2D eigenvalue weighted by Gasteiger charge is 2.35. The Bertz CT molecular complexity index is 756. The molecule has 1 aromatic carbocycles. The van der Waals surface area contributed by atoms with Gasteiger partial charge in [0.2, 0.25) is 0 Å². The van der Waals surface area contributed by atoms with Crippen LogP contribution in [0.4, 0.5) is 4.79 Å². The number of para-hydroxylation sites is 1. The van der Waals surface area contributed by atoms with Gasteiger partial charge < -0.3 is 9.15 Å². The number of carbonyl (C=O) groups is 2. The lowest BCUT2D eigenvalue weighted by atomic mass is 10.3. The SMILES string of the molecule is O=C1S/C(=C\c2ccc(I)o2)C(=O)N1CCOc1ccccc1. The van der Waals surface area contributed by atoms with Gasteiger partial charge in [0, 0.05) is 6.08 Å².